The lowest BCUT2D eigenvalue weighted by atomic mass is 9.96. The summed E-state index contributed by atoms with van der Waals surface area (Å²) in [7, 11) is 0. The van der Waals surface area contributed by atoms with Crippen molar-refractivity contribution in [2.75, 3.05) is 0 Å². The summed E-state index contributed by atoms with van der Waals surface area (Å²) >= 11 is 0. The SMILES string of the molecule is [2H]c1c(-c2ncnc3c2oc2ccc(-c4c([2H])c([2H])c([2H])c(-c5c([2H])c([2H])c(-c6c([2H])c([2H])c([2H])c([2H])c6[2H])c([2H])c5[2H])c4[2H])cc23)cc(-c2c([2H])c([2H])c([2H])c3c2oc2c([2H])c([2H])c([2H])c([2H])c23)c([2H])c1[2H]. The highest BCUT2D eigenvalue weighted by Crippen LogP contribution is 2.39. The molecule has 0 aliphatic heterocycles. The second-order valence-electron chi connectivity index (χ2n) is 10.8. The zero-order valence-corrected chi connectivity index (χ0v) is 25.1. The van der Waals surface area contributed by atoms with Crippen LogP contribution < -0.4 is 0 Å². The van der Waals surface area contributed by atoms with Crippen molar-refractivity contribution in [2.24, 2.45) is 0 Å². The van der Waals surface area contributed by atoms with E-state index in [9.17, 15) is 1.37 Å². The molecule has 0 aliphatic carbocycles. The number of furan rings is 2. The van der Waals surface area contributed by atoms with Crippen molar-refractivity contribution in [2.45, 2.75) is 0 Å². The Kier molecular flexibility index (Phi) is 3.11. The predicted octanol–water partition coefficient (Wildman–Crippen LogP) is 12.6. The minimum atomic E-state index is -0.858. The largest absolute Gasteiger partial charge is 0.455 e. The van der Waals surface area contributed by atoms with Gasteiger partial charge in [-0.3, -0.25) is 0 Å². The van der Waals surface area contributed by atoms with Crippen LogP contribution >= 0.6 is 0 Å². The zero-order chi connectivity index (χ0) is 53.0. The molecule has 0 saturated heterocycles. The van der Waals surface area contributed by atoms with Crippen molar-refractivity contribution in [3.8, 4) is 55.8 Å². The fourth-order valence-corrected chi connectivity index (χ4v) is 5.64. The smallest absolute Gasteiger partial charge is 0.180 e. The van der Waals surface area contributed by atoms with E-state index in [1.807, 2.05) is 0 Å². The standard InChI is InChI=1S/C46H28N2O2/c1-2-9-29(10-3-1)30-19-21-31(22-20-30)32-11-6-12-33(25-32)34-23-24-42-40(27-34)44-46(50-42)43(47-28-48-44)36-14-7-13-35(26-36)37-16-8-17-39-38-15-4-5-18-41(38)49-45(37)39/h1-28H/i1D,2D,3D,4D,5D,6D,7D,8D,9D,10D,11D,12D,13D,14D,15D,16D,17D,18D,19D,20D,21D,22D,25D. The number of rotatable bonds is 5. The van der Waals surface area contributed by atoms with E-state index in [4.69, 9.17) is 39.0 Å². The Balaban J connectivity index is 1.16. The van der Waals surface area contributed by atoms with Gasteiger partial charge in [0, 0.05) is 27.3 Å². The van der Waals surface area contributed by atoms with Gasteiger partial charge in [-0.15, -0.1) is 0 Å². The van der Waals surface area contributed by atoms with Crippen molar-refractivity contribution in [1.29, 1.82) is 0 Å². The summed E-state index contributed by atoms with van der Waals surface area (Å²) in [4.78, 5) is 8.77. The predicted molar refractivity (Wildman–Crippen MR) is 204 cm³/mol. The molecule has 234 valence electrons. The number of para-hydroxylation sites is 2. The minimum Gasteiger partial charge on any atom is -0.455 e. The molecule has 4 heteroatoms. The molecule has 0 spiro atoms. The topological polar surface area (TPSA) is 52.1 Å². The molecule has 0 atom stereocenters. The summed E-state index contributed by atoms with van der Waals surface area (Å²) < 4.78 is 212. The molecule has 0 fully saturated rings. The van der Waals surface area contributed by atoms with Crippen LogP contribution in [0.1, 0.15) is 31.5 Å². The molecule has 0 unspecified atom stereocenters. The molecule has 50 heavy (non-hydrogen) atoms. The van der Waals surface area contributed by atoms with E-state index < -0.39 is 161 Å². The van der Waals surface area contributed by atoms with Crippen molar-refractivity contribution in [3.05, 3.63) is 170 Å². The van der Waals surface area contributed by atoms with Crippen LogP contribution in [0.2, 0.25) is 0 Å². The van der Waals surface area contributed by atoms with Crippen molar-refractivity contribution in [1.82, 2.24) is 9.97 Å². The van der Waals surface area contributed by atoms with Crippen molar-refractivity contribution < 1.29 is 40.4 Å². The third-order valence-electron chi connectivity index (χ3n) is 7.93. The summed E-state index contributed by atoms with van der Waals surface area (Å²) in [5, 5.41) is -0.257. The molecule has 0 saturated carbocycles. The molecule has 0 radical (unpaired) electrons. The number of nitrogens with zero attached hydrogens (tertiary/aromatic N) is 2. The van der Waals surface area contributed by atoms with Crippen LogP contribution in [0, 0.1) is 0 Å². The molecule has 7 aromatic carbocycles. The highest BCUT2D eigenvalue weighted by molar-refractivity contribution is 6.10. The van der Waals surface area contributed by atoms with E-state index in [0.717, 1.165) is 6.33 Å². The maximum atomic E-state index is 9.37. The summed E-state index contributed by atoms with van der Waals surface area (Å²) in [5.74, 6) is 0. The summed E-state index contributed by atoms with van der Waals surface area (Å²) in [6, 6.07) is -10.9. The number of benzene rings is 7. The normalized spacial score (nSPS) is 18.0. The van der Waals surface area contributed by atoms with Gasteiger partial charge in [0.25, 0.3) is 0 Å². The fourth-order valence-electron chi connectivity index (χ4n) is 5.64. The number of aromatic nitrogens is 2. The Labute approximate surface area is 320 Å². The van der Waals surface area contributed by atoms with Gasteiger partial charge in [-0.2, -0.15) is 0 Å². The van der Waals surface area contributed by atoms with Crippen LogP contribution in [0.25, 0.3) is 99.8 Å². The van der Waals surface area contributed by atoms with Crippen LogP contribution in [0.4, 0.5) is 0 Å². The molecule has 0 N–H and O–H groups in total. The lowest BCUT2D eigenvalue weighted by molar-refractivity contribution is 0.667. The lowest BCUT2D eigenvalue weighted by Gasteiger charge is -2.08. The average Bonchev–Trinajstić information content (AvgIpc) is 3.96. The highest BCUT2D eigenvalue weighted by Gasteiger charge is 2.18. The maximum absolute atomic E-state index is 9.37. The van der Waals surface area contributed by atoms with Gasteiger partial charge in [0.2, 0.25) is 0 Å². The Morgan fingerprint density at radius 2 is 1.06 bits per heavy atom. The first-order valence-corrected chi connectivity index (χ1v) is 14.8. The van der Waals surface area contributed by atoms with E-state index in [0.29, 0.717) is 0 Å². The third-order valence-corrected chi connectivity index (χ3v) is 7.93. The molecule has 3 aromatic heterocycles. The maximum Gasteiger partial charge on any atom is 0.180 e. The van der Waals surface area contributed by atoms with Gasteiger partial charge in [-0.1, -0.05) is 133 Å². The first-order valence-electron chi connectivity index (χ1n) is 26.3. The second-order valence-corrected chi connectivity index (χ2v) is 10.8. The van der Waals surface area contributed by atoms with E-state index in [2.05, 4.69) is 9.97 Å². The Morgan fingerprint density at radius 3 is 1.92 bits per heavy atom. The van der Waals surface area contributed by atoms with E-state index in [-0.39, 0.29) is 77.5 Å². The first kappa shape index (κ1) is 13.6. The Morgan fingerprint density at radius 1 is 0.420 bits per heavy atom. The monoisotopic (exact) mass is 663 g/mol. The van der Waals surface area contributed by atoms with Gasteiger partial charge in [-0.25, -0.2) is 9.97 Å². The van der Waals surface area contributed by atoms with Gasteiger partial charge in [0.1, 0.15) is 34.3 Å². The minimum absolute atomic E-state index is 0.0604. The van der Waals surface area contributed by atoms with Gasteiger partial charge >= 0.3 is 0 Å². The molecule has 3 heterocycles. The quantitative estimate of drug-likeness (QED) is 0.184. The summed E-state index contributed by atoms with van der Waals surface area (Å²) in [6.45, 7) is 0. The molecule has 0 bridgehead atoms. The third kappa shape index (κ3) is 4.69. The lowest BCUT2D eigenvalue weighted by Crippen LogP contribution is -1.88. The fraction of sp³-hybridized carbons (Fsp3) is 0. The molecular weight excluding hydrogens is 613 g/mol. The molecule has 10 rings (SSSR count). The van der Waals surface area contributed by atoms with Crippen molar-refractivity contribution >= 4 is 44.0 Å². The van der Waals surface area contributed by atoms with Crippen molar-refractivity contribution in [3.63, 3.8) is 0 Å². The van der Waals surface area contributed by atoms with Gasteiger partial charge in [0.05, 0.1) is 31.5 Å². The second kappa shape index (κ2) is 11.4. The van der Waals surface area contributed by atoms with E-state index in [1.54, 1.807) is 0 Å². The molecular formula is C46H28N2O2. The van der Waals surface area contributed by atoms with E-state index >= 15 is 0 Å². The first-order chi connectivity index (χ1) is 34.3. The average molecular weight is 664 g/mol. The number of fused-ring (bicyclic) bond motifs is 6. The highest BCUT2D eigenvalue weighted by atomic mass is 16.3. The van der Waals surface area contributed by atoms with Crippen LogP contribution in [0.3, 0.4) is 0 Å². The van der Waals surface area contributed by atoms with Gasteiger partial charge < -0.3 is 8.83 Å². The number of hydrogen-bond donors (Lipinski definition) is 0. The van der Waals surface area contributed by atoms with Crippen LogP contribution in [-0.2, 0) is 0 Å². The van der Waals surface area contributed by atoms with Crippen LogP contribution in [0.15, 0.2) is 178 Å². The zero-order valence-electron chi connectivity index (χ0n) is 48.1. The molecule has 0 aliphatic rings. The van der Waals surface area contributed by atoms with Gasteiger partial charge in [-0.05, 0) is 69.2 Å². The Bertz CT molecular complexity index is 4150. The van der Waals surface area contributed by atoms with Gasteiger partial charge in [0.15, 0.2) is 5.58 Å². The van der Waals surface area contributed by atoms with E-state index in [1.165, 1.54) is 24.3 Å². The molecule has 10 aromatic rings. The molecule has 0 amide bonds. The number of hydrogen-bond acceptors (Lipinski definition) is 4. The summed E-state index contributed by atoms with van der Waals surface area (Å²) in [6.07, 6.45) is 1.10. The van der Waals surface area contributed by atoms with Crippen LogP contribution in [0.5, 0.6) is 0 Å². The van der Waals surface area contributed by atoms with Crippen LogP contribution in [-0.4, -0.2) is 9.97 Å². The summed E-state index contributed by atoms with van der Waals surface area (Å²) in [5.41, 5.74) is -4.07. The Hall–Kier alpha value is -6.78. The molecule has 4 nitrogen and oxygen atoms in total.